The van der Waals surface area contributed by atoms with Crippen LogP contribution < -0.4 is 5.32 Å². The molecule has 28 heavy (non-hydrogen) atoms. The average Bonchev–Trinajstić information content (AvgIpc) is 3.18. The SMILES string of the molecule is O=C(NCc1cn(-c2ccccc2)nc1-c1ccccc1)c1ccc(Br)cc1. The van der Waals surface area contributed by atoms with E-state index in [4.69, 9.17) is 5.10 Å². The van der Waals surface area contributed by atoms with Gasteiger partial charge in [-0.15, -0.1) is 0 Å². The first-order chi connectivity index (χ1) is 13.7. The Labute approximate surface area is 172 Å². The monoisotopic (exact) mass is 431 g/mol. The number of aromatic nitrogens is 2. The first kappa shape index (κ1) is 18.2. The van der Waals surface area contributed by atoms with Crippen molar-refractivity contribution in [1.29, 1.82) is 0 Å². The number of halogens is 1. The maximum atomic E-state index is 12.5. The lowest BCUT2D eigenvalue weighted by molar-refractivity contribution is 0.0951. The number of nitrogens with one attached hydrogen (secondary N) is 1. The molecular weight excluding hydrogens is 414 g/mol. The van der Waals surface area contributed by atoms with Crippen LogP contribution in [0.5, 0.6) is 0 Å². The Hall–Kier alpha value is -3.18. The zero-order chi connectivity index (χ0) is 19.3. The van der Waals surface area contributed by atoms with E-state index in [1.807, 2.05) is 83.7 Å². The fourth-order valence-corrected chi connectivity index (χ4v) is 3.23. The molecule has 0 fully saturated rings. The summed E-state index contributed by atoms with van der Waals surface area (Å²) in [5.74, 6) is -0.112. The van der Waals surface area contributed by atoms with E-state index in [1.54, 1.807) is 12.1 Å². The Morgan fingerprint density at radius 1 is 0.893 bits per heavy atom. The van der Waals surface area contributed by atoms with Crippen molar-refractivity contribution in [2.75, 3.05) is 0 Å². The van der Waals surface area contributed by atoms with Crippen molar-refractivity contribution in [1.82, 2.24) is 15.1 Å². The van der Waals surface area contributed by atoms with E-state index in [0.717, 1.165) is 27.0 Å². The van der Waals surface area contributed by atoms with Gasteiger partial charge in [-0.2, -0.15) is 5.10 Å². The first-order valence-corrected chi connectivity index (χ1v) is 9.73. The highest BCUT2D eigenvalue weighted by atomic mass is 79.9. The van der Waals surface area contributed by atoms with Crippen LogP contribution in [0.2, 0.25) is 0 Å². The summed E-state index contributed by atoms with van der Waals surface area (Å²) in [7, 11) is 0. The lowest BCUT2D eigenvalue weighted by atomic mass is 10.1. The average molecular weight is 432 g/mol. The van der Waals surface area contributed by atoms with E-state index >= 15 is 0 Å². The van der Waals surface area contributed by atoms with E-state index < -0.39 is 0 Å². The number of hydrogen-bond donors (Lipinski definition) is 1. The number of hydrogen-bond acceptors (Lipinski definition) is 2. The zero-order valence-electron chi connectivity index (χ0n) is 15.0. The third-order valence-corrected chi connectivity index (χ3v) is 4.93. The van der Waals surface area contributed by atoms with Crippen molar-refractivity contribution in [3.8, 4) is 16.9 Å². The van der Waals surface area contributed by atoms with Crippen LogP contribution in [-0.2, 0) is 6.54 Å². The second kappa shape index (κ2) is 8.23. The summed E-state index contributed by atoms with van der Waals surface area (Å²) in [6.45, 7) is 0.395. The highest BCUT2D eigenvalue weighted by Crippen LogP contribution is 2.23. The molecule has 4 nitrogen and oxygen atoms in total. The molecule has 0 aliphatic carbocycles. The standard InChI is InChI=1S/C23H18BrN3O/c24-20-13-11-18(12-14-20)23(28)25-15-19-16-27(21-9-5-2-6-10-21)26-22(19)17-7-3-1-4-8-17/h1-14,16H,15H2,(H,25,28). The van der Waals surface area contributed by atoms with Gasteiger partial charge in [-0.1, -0.05) is 64.5 Å². The number of rotatable bonds is 5. The van der Waals surface area contributed by atoms with Crippen LogP contribution in [0.25, 0.3) is 16.9 Å². The molecule has 0 aliphatic rings. The summed E-state index contributed by atoms with van der Waals surface area (Å²) in [6.07, 6.45) is 1.97. The van der Waals surface area contributed by atoms with Gasteiger partial charge in [0.1, 0.15) is 0 Å². The van der Waals surface area contributed by atoms with Gasteiger partial charge in [0.2, 0.25) is 0 Å². The summed E-state index contributed by atoms with van der Waals surface area (Å²) >= 11 is 3.39. The van der Waals surface area contributed by atoms with Gasteiger partial charge in [0.25, 0.3) is 5.91 Å². The van der Waals surface area contributed by atoms with Gasteiger partial charge < -0.3 is 5.32 Å². The van der Waals surface area contributed by atoms with Gasteiger partial charge in [0, 0.05) is 33.9 Å². The van der Waals surface area contributed by atoms with Crippen LogP contribution in [0.3, 0.4) is 0 Å². The zero-order valence-corrected chi connectivity index (χ0v) is 16.6. The van der Waals surface area contributed by atoms with E-state index in [-0.39, 0.29) is 5.91 Å². The van der Waals surface area contributed by atoms with Crippen LogP contribution in [0.15, 0.2) is 95.6 Å². The van der Waals surface area contributed by atoms with Gasteiger partial charge in [-0.05, 0) is 36.4 Å². The van der Waals surface area contributed by atoms with Crippen molar-refractivity contribution < 1.29 is 4.79 Å². The van der Waals surface area contributed by atoms with Crippen molar-refractivity contribution in [3.63, 3.8) is 0 Å². The molecule has 1 N–H and O–H groups in total. The molecule has 0 saturated carbocycles. The molecule has 0 aliphatic heterocycles. The van der Waals surface area contributed by atoms with E-state index in [2.05, 4.69) is 21.2 Å². The van der Waals surface area contributed by atoms with E-state index in [9.17, 15) is 4.79 Å². The Balaban J connectivity index is 1.62. The van der Waals surface area contributed by atoms with Crippen LogP contribution in [-0.4, -0.2) is 15.7 Å². The third kappa shape index (κ3) is 4.05. The molecule has 1 heterocycles. The van der Waals surface area contributed by atoms with Crippen molar-refractivity contribution >= 4 is 21.8 Å². The van der Waals surface area contributed by atoms with E-state index in [1.165, 1.54) is 0 Å². The molecule has 3 aromatic carbocycles. The highest BCUT2D eigenvalue weighted by molar-refractivity contribution is 9.10. The second-order valence-corrected chi connectivity index (χ2v) is 7.25. The maximum absolute atomic E-state index is 12.5. The van der Waals surface area contributed by atoms with Crippen molar-refractivity contribution in [2.24, 2.45) is 0 Å². The Morgan fingerprint density at radius 3 is 2.21 bits per heavy atom. The third-order valence-electron chi connectivity index (χ3n) is 4.40. The fourth-order valence-electron chi connectivity index (χ4n) is 2.97. The quantitative estimate of drug-likeness (QED) is 0.470. The van der Waals surface area contributed by atoms with Crippen LogP contribution in [0.4, 0.5) is 0 Å². The van der Waals surface area contributed by atoms with Gasteiger partial charge in [0.05, 0.1) is 11.4 Å². The summed E-state index contributed by atoms with van der Waals surface area (Å²) in [5, 5.41) is 7.77. The van der Waals surface area contributed by atoms with E-state index in [0.29, 0.717) is 12.1 Å². The molecule has 0 spiro atoms. The number of benzene rings is 3. The molecule has 0 saturated heterocycles. The molecule has 4 rings (SSSR count). The summed E-state index contributed by atoms with van der Waals surface area (Å²) in [5.41, 5.74) is 4.44. The molecule has 0 radical (unpaired) electrons. The minimum atomic E-state index is -0.112. The normalized spacial score (nSPS) is 10.6. The molecule has 0 unspecified atom stereocenters. The predicted molar refractivity (Wildman–Crippen MR) is 114 cm³/mol. The molecule has 0 bridgehead atoms. The molecular formula is C23H18BrN3O. The minimum Gasteiger partial charge on any atom is -0.348 e. The molecule has 1 amide bonds. The number of amides is 1. The largest absolute Gasteiger partial charge is 0.348 e. The van der Waals surface area contributed by atoms with Crippen LogP contribution in [0, 0.1) is 0 Å². The number of nitrogens with zero attached hydrogens (tertiary/aromatic N) is 2. The first-order valence-electron chi connectivity index (χ1n) is 8.94. The predicted octanol–water partition coefficient (Wildman–Crippen LogP) is 5.23. The van der Waals surface area contributed by atoms with Gasteiger partial charge in [-0.3, -0.25) is 4.79 Å². The maximum Gasteiger partial charge on any atom is 0.251 e. The van der Waals surface area contributed by atoms with Gasteiger partial charge in [0.15, 0.2) is 0 Å². The Kier molecular flexibility index (Phi) is 5.35. The van der Waals surface area contributed by atoms with Gasteiger partial charge in [-0.25, -0.2) is 4.68 Å². The fraction of sp³-hybridized carbons (Fsp3) is 0.0435. The lowest BCUT2D eigenvalue weighted by Gasteiger charge is -2.06. The summed E-state index contributed by atoms with van der Waals surface area (Å²) in [6, 6.07) is 27.3. The number of carbonyl (C=O) groups is 1. The Morgan fingerprint density at radius 2 is 1.54 bits per heavy atom. The summed E-state index contributed by atoms with van der Waals surface area (Å²) in [4.78, 5) is 12.5. The molecule has 5 heteroatoms. The minimum absolute atomic E-state index is 0.112. The smallest absolute Gasteiger partial charge is 0.251 e. The highest BCUT2D eigenvalue weighted by Gasteiger charge is 2.14. The van der Waals surface area contributed by atoms with Crippen LogP contribution in [0.1, 0.15) is 15.9 Å². The summed E-state index contributed by atoms with van der Waals surface area (Å²) < 4.78 is 2.79. The molecule has 138 valence electrons. The Bertz CT molecular complexity index is 1070. The van der Waals surface area contributed by atoms with Crippen molar-refractivity contribution in [2.45, 2.75) is 6.54 Å². The molecule has 0 atom stereocenters. The molecule has 1 aromatic heterocycles. The topological polar surface area (TPSA) is 46.9 Å². The number of para-hydroxylation sites is 1. The second-order valence-electron chi connectivity index (χ2n) is 6.34. The lowest BCUT2D eigenvalue weighted by Crippen LogP contribution is -2.22. The van der Waals surface area contributed by atoms with Crippen molar-refractivity contribution in [3.05, 3.63) is 107 Å². The van der Waals surface area contributed by atoms with Gasteiger partial charge >= 0.3 is 0 Å². The van der Waals surface area contributed by atoms with Crippen LogP contribution >= 0.6 is 15.9 Å². The number of carbonyl (C=O) groups excluding carboxylic acids is 1. The molecule has 4 aromatic rings.